The number of hydrogen-bond acceptors (Lipinski definition) is 3. The van der Waals surface area contributed by atoms with E-state index >= 15 is 0 Å². The maximum absolute atomic E-state index is 12.8. The fourth-order valence-corrected chi connectivity index (χ4v) is 3.61. The lowest BCUT2D eigenvalue weighted by Gasteiger charge is -2.26. The van der Waals surface area contributed by atoms with Gasteiger partial charge in [0.15, 0.2) is 0 Å². The molecule has 0 spiro atoms. The summed E-state index contributed by atoms with van der Waals surface area (Å²) >= 11 is 0. The second-order valence-corrected chi connectivity index (χ2v) is 6.88. The van der Waals surface area contributed by atoms with Gasteiger partial charge in [-0.05, 0) is 18.2 Å². The third kappa shape index (κ3) is 3.76. The van der Waals surface area contributed by atoms with Crippen LogP contribution in [-0.2, 0) is 25.6 Å². The topological polar surface area (TPSA) is 27.7 Å². The Bertz CT molecular complexity index is 455. The summed E-state index contributed by atoms with van der Waals surface area (Å²) in [6.07, 6.45) is -9.88. The van der Waals surface area contributed by atoms with E-state index in [-0.39, 0.29) is 6.07 Å². The van der Waals surface area contributed by atoms with Crippen molar-refractivity contribution in [2.45, 2.75) is 12.4 Å². The first-order chi connectivity index (χ1) is 9.50. The minimum atomic E-state index is -4.94. The van der Waals surface area contributed by atoms with Crippen LogP contribution >= 0.6 is 0 Å². The van der Waals surface area contributed by atoms with Crippen LogP contribution in [-0.4, -0.2) is 30.1 Å². The van der Waals surface area contributed by atoms with Gasteiger partial charge in [-0.3, -0.25) is 0 Å². The Balaban J connectivity index is 3.59. The molecule has 3 nitrogen and oxygen atoms in total. The molecule has 1 aromatic rings. The highest BCUT2D eigenvalue weighted by molar-refractivity contribution is 6.75. The van der Waals surface area contributed by atoms with E-state index in [2.05, 4.69) is 0 Å². The smallest absolute Gasteiger partial charge is 0.373 e. The van der Waals surface area contributed by atoms with E-state index in [9.17, 15) is 26.3 Å². The van der Waals surface area contributed by atoms with Crippen LogP contribution < -0.4 is 5.19 Å². The number of benzene rings is 1. The molecule has 120 valence electrons. The highest BCUT2D eigenvalue weighted by atomic mass is 28.4. The van der Waals surface area contributed by atoms with Crippen molar-refractivity contribution in [1.82, 2.24) is 0 Å². The molecule has 0 aliphatic rings. The second-order valence-electron chi connectivity index (χ2n) is 3.96. The molecule has 0 atom stereocenters. The molecule has 0 radical (unpaired) electrons. The van der Waals surface area contributed by atoms with Crippen LogP contribution in [0.3, 0.4) is 0 Å². The first-order valence-corrected chi connectivity index (χ1v) is 7.18. The van der Waals surface area contributed by atoms with Crippen LogP contribution in [0, 0.1) is 0 Å². The van der Waals surface area contributed by atoms with Crippen molar-refractivity contribution >= 4 is 14.0 Å². The number of hydrogen-bond donors (Lipinski definition) is 0. The van der Waals surface area contributed by atoms with Gasteiger partial charge in [0.05, 0.1) is 11.1 Å². The summed E-state index contributed by atoms with van der Waals surface area (Å²) < 4.78 is 91.3. The van der Waals surface area contributed by atoms with Gasteiger partial charge in [0.2, 0.25) is 0 Å². The van der Waals surface area contributed by atoms with Gasteiger partial charge in [-0.15, -0.1) is 0 Å². The molecular formula is C11H12F6O3Si. The molecule has 0 unspecified atom stereocenters. The molecule has 0 fully saturated rings. The lowest BCUT2D eigenvalue weighted by atomic mass is 10.1. The maximum atomic E-state index is 12.8. The van der Waals surface area contributed by atoms with Crippen LogP contribution in [0.5, 0.6) is 0 Å². The monoisotopic (exact) mass is 334 g/mol. The Morgan fingerprint density at radius 1 is 0.714 bits per heavy atom. The highest BCUT2D eigenvalue weighted by Crippen LogP contribution is 2.35. The van der Waals surface area contributed by atoms with Gasteiger partial charge < -0.3 is 13.3 Å². The molecule has 0 saturated carbocycles. The quantitative estimate of drug-likeness (QED) is 0.626. The normalized spacial score (nSPS) is 13.6. The van der Waals surface area contributed by atoms with Crippen LogP contribution in [0.2, 0.25) is 0 Å². The molecule has 10 heteroatoms. The number of halogens is 6. The molecule has 0 aliphatic heterocycles. The Labute approximate surface area is 117 Å². The molecule has 21 heavy (non-hydrogen) atoms. The van der Waals surface area contributed by atoms with E-state index in [1.54, 1.807) is 0 Å². The van der Waals surface area contributed by atoms with Gasteiger partial charge in [-0.1, -0.05) is 0 Å². The van der Waals surface area contributed by atoms with Gasteiger partial charge >= 0.3 is 21.2 Å². The zero-order valence-corrected chi connectivity index (χ0v) is 12.2. The van der Waals surface area contributed by atoms with Gasteiger partial charge in [0, 0.05) is 26.5 Å². The summed E-state index contributed by atoms with van der Waals surface area (Å²) in [5.41, 5.74) is -2.90. The van der Waals surface area contributed by atoms with Crippen molar-refractivity contribution in [3.63, 3.8) is 0 Å². The summed E-state index contributed by atoms with van der Waals surface area (Å²) in [5, 5.41) is -0.419. The van der Waals surface area contributed by atoms with Gasteiger partial charge in [-0.25, -0.2) is 0 Å². The SMILES string of the molecule is CO[Si](OC)(OC)c1cc(C(F)(F)F)cc(C(F)(F)F)c1. The third-order valence-electron chi connectivity index (χ3n) is 2.75. The standard InChI is InChI=1S/C11H12F6O3Si/c1-18-21(19-2,20-3)9-5-7(10(12,13)14)4-8(6-9)11(15,16)17/h4-6H,1-3H3. The Morgan fingerprint density at radius 3 is 1.29 bits per heavy atom. The molecule has 0 bridgehead atoms. The van der Waals surface area contributed by atoms with Crippen molar-refractivity contribution in [3.8, 4) is 0 Å². The van der Waals surface area contributed by atoms with Crippen LogP contribution in [0.25, 0.3) is 0 Å². The number of rotatable bonds is 4. The molecule has 1 aromatic carbocycles. The maximum Gasteiger partial charge on any atom is 0.536 e. The Kier molecular flexibility index (Phi) is 5.08. The molecule has 0 heterocycles. The summed E-state index contributed by atoms with van der Waals surface area (Å²) in [5.74, 6) is 0. The summed E-state index contributed by atoms with van der Waals surface area (Å²) in [6, 6.07) is 1.11. The van der Waals surface area contributed by atoms with Crippen molar-refractivity contribution in [2.75, 3.05) is 21.3 Å². The zero-order chi connectivity index (χ0) is 16.5. The molecular weight excluding hydrogens is 322 g/mol. The third-order valence-corrected chi connectivity index (χ3v) is 5.36. The van der Waals surface area contributed by atoms with Crippen LogP contribution in [0.15, 0.2) is 18.2 Å². The largest absolute Gasteiger partial charge is 0.536 e. The van der Waals surface area contributed by atoms with E-state index in [1.165, 1.54) is 0 Å². The first kappa shape index (κ1) is 17.9. The van der Waals surface area contributed by atoms with E-state index < -0.39 is 37.5 Å². The van der Waals surface area contributed by atoms with E-state index in [0.29, 0.717) is 12.1 Å². The predicted molar refractivity (Wildman–Crippen MR) is 62.9 cm³/mol. The Hall–Kier alpha value is -1.10. The highest BCUT2D eigenvalue weighted by Gasteiger charge is 2.45. The average molecular weight is 334 g/mol. The minimum Gasteiger partial charge on any atom is -0.373 e. The average Bonchev–Trinajstić information content (AvgIpc) is 2.39. The fourth-order valence-electron chi connectivity index (χ4n) is 1.74. The van der Waals surface area contributed by atoms with Crippen molar-refractivity contribution in [1.29, 1.82) is 0 Å². The molecule has 1 rings (SSSR count). The Morgan fingerprint density at radius 2 is 1.05 bits per heavy atom. The fraction of sp³-hybridized carbons (Fsp3) is 0.455. The van der Waals surface area contributed by atoms with Crippen molar-refractivity contribution in [3.05, 3.63) is 29.3 Å². The van der Waals surface area contributed by atoms with Crippen molar-refractivity contribution in [2.24, 2.45) is 0 Å². The number of alkyl halides is 6. The van der Waals surface area contributed by atoms with Crippen LogP contribution in [0.4, 0.5) is 26.3 Å². The first-order valence-electron chi connectivity index (χ1n) is 5.45. The minimum absolute atomic E-state index is 0.0314. The molecule has 0 N–H and O–H groups in total. The second kappa shape index (κ2) is 5.95. The zero-order valence-electron chi connectivity index (χ0n) is 11.2. The van der Waals surface area contributed by atoms with Crippen molar-refractivity contribution < 1.29 is 39.6 Å². The molecule has 0 aliphatic carbocycles. The van der Waals surface area contributed by atoms with E-state index in [4.69, 9.17) is 13.3 Å². The summed E-state index contributed by atoms with van der Waals surface area (Å²) in [7, 11) is -0.544. The van der Waals surface area contributed by atoms with Gasteiger partial charge in [0.1, 0.15) is 0 Å². The van der Waals surface area contributed by atoms with Crippen LogP contribution in [0.1, 0.15) is 11.1 Å². The summed E-state index contributed by atoms with van der Waals surface area (Å²) in [4.78, 5) is 0. The molecule has 0 amide bonds. The molecule has 0 saturated heterocycles. The summed E-state index contributed by atoms with van der Waals surface area (Å²) in [6.45, 7) is 0. The van der Waals surface area contributed by atoms with Gasteiger partial charge in [0.25, 0.3) is 0 Å². The predicted octanol–water partition coefficient (Wildman–Crippen LogP) is 2.81. The van der Waals surface area contributed by atoms with E-state index in [0.717, 1.165) is 21.3 Å². The molecule has 0 aromatic heterocycles. The van der Waals surface area contributed by atoms with Gasteiger partial charge in [-0.2, -0.15) is 26.3 Å². The van der Waals surface area contributed by atoms with E-state index in [1.807, 2.05) is 0 Å². The lowest BCUT2D eigenvalue weighted by molar-refractivity contribution is -0.143. The lowest BCUT2D eigenvalue weighted by Crippen LogP contribution is -2.55.